The molecule has 1 atom stereocenters. The van der Waals surface area contributed by atoms with Gasteiger partial charge in [-0.3, -0.25) is 19.5 Å². The SMILES string of the molecule is CN1CCN=C1c1ccc(NC(=O)C(CC(N)=O)N(C(N)=O)c2ccc(Cl)cc2)cc1. The Morgan fingerprint density at radius 3 is 2.29 bits per heavy atom. The van der Waals surface area contributed by atoms with Crippen LogP contribution in [0.1, 0.15) is 12.0 Å². The molecule has 9 nitrogen and oxygen atoms in total. The zero-order chi connectivity index (χ0) is 22.5. The molecule has 0 aliphatic carbocycles. The van der Waals surface area contributed by atoms with Crippen molar-refractivity contribution in [1.82, 2.24) is 4.90 Å². The fourth-order valence-electron chi connectivity index (χ4n) is 3.33. The highest BCUT2D eigenvalue weighted by atomic mass is 35.5. The average molecular weight is 443 g/mol. The molecule has 31 heavy (non-hydrogen) atoms. The van der Waals surface area contributed by atoms with Crippen molar-refractivity contribution in [2.24, 2.45) is 16.5 Å². The Hall–Kier alpha value is -3.59. The third-order valence-corrected chi connectivity index (χ3v) is 5.07. The van der Waals surface area contributed by atoms with Crippen LogP contribution in [0, 0.1) is 0 Å². The van der Waals surface area contributed by atoms with Crippen molar-refractivity contribution >= 4 is 46.7 Å². The highest BCUT2D eigenvalue weighted by molar-refractivity contribution is 6.30. The fraction of sp³-hybridized carbons (Fsp3) is 0.238. The molecule has 0 fully saturated rings. The number of nitrogens with zero attached hydrogens (tertiary/aromatic N) is 3. The molecule has 3 rings (SSSR count). The fourth-order valence-corrected chi connectivity index (χ4v) is 3.45. The van der Waals surface area contributed by atoms with E-state index in [0.29, 0.717) is 16.4 Å². The van der Waals surface area contributed by atoms with E-state index in [2.05, 4.69) is 10.3 Å². The van der Waals surface area contributed by atoms with Gasteiger partial charge in [0.05, 0.1) is 13.0 Å². The summed E-state index contributed by atoms with van der Waals surface area (Å²) in [5.41, 5.74) is 12.6. The summed E-state index contributed by atoms with van der Waals surface area (Å²) < 4.78 is 0. The molecule has 2 aromatic rings. The van der Waals surface area contributed by atoms with Crippen LogP contribution in [0.4, 0.5) is 16.2 Å². The maximum atomic E-state index is 13.0. The topological polar surface area (TPSA) is 134 Å². The number of primary amides is 2. The number of aliphatic imine (C=N–C) groups is 1. The second kappa shape index (κ2) is 9.48. The highest BCUT2D eigenvalue weighted by Crippen LogP contribution is 2.23. The van der Waals surface area contributed by atoms with Gasteiger partial charge in [-0.25, -0.2) is 4.79 Å². The lowest BCUT2D eigenvalue weighted by Crippen LogP contribution is -2.51. The van der Waals surface area contributed by atoms with E-state index in [1.54, 1.807) is 24.3 Å². The number of rotatable bonds is 7. The van der Waals surface area contributed by atoms with Gasteiger partial charge < -0.3 is 21.7 Å². The zero-order valence-electron chi connectivity index (χ0n) is 16.9. The maximum absolute atomic E-state index is 13.0. The number of anilines is 2. The Morgan fingerprint density at radius 2 is 1.77 bits per heavy atom. The minimum absolute atomic E-state index is 0.316. The number of benzene rings is 2. The number of amidine groups is 1. The van der Waals surface area contributed by atoms with Crippen LogP contribution in [0.25, 0.3) is 0 Å². The molecule has 0 saturated heterocycles. The van der Waals surface area contributed by atoms with E-state index < -0.39 is 30.3 Å². The van der Waals surface area contributed by atoms with Gasteiger partial charge in [0.15, 0.2) is 0 Å². The van der Waals surface area contributed by atoms with E-state index >= 15 is 0 Å². The molecule has 1 aliphatic heterocycles. The Kier molecular flexibility index (Phi) is 6.76. The van der Waals surface area contributed by atoms with Crippen molar-refractivity contribution in [2.45, 2.75) is 12.5 Å². The van der Waals surface area contributed by atoms with Gasteiger partial charge in [-0.2, -0.15) is 0 Å². The summed E-state index contributed by atoms with van der Waals surface area (Å²) in [5.74, 6) is -0.472. The predicted molar refractivity (Wildman–Crippen MR) is 120 cm³/mol. The maximum Gasteiger partial charge on any atom is 0.320 e. The van der Waals surface area contributed by atoms with Gasteiger partial charge in [-0.15, -0.1) is 0 Å². The largest absolute Gasteiger partial charge is 0.370 e. The number of halogens is 1. The van der Waals surface area contributed by atoms with Crippen LogP contribution in [-0.2, 0) is 9.59 Å². The molecule has 0 saturated carbocycles. The van der Waals surface area contributed by atoms with Crippen molar-refractivity contribution in [2.75, 3.05) is 30.4 Å². The van der Waals surface area contributed by atoms with Crippen molar-refractivity contribution in [3.63, 3.8) is 0 Å². The molecule has 162 valence electrons. The number of carbonyl (C=O) groups excluding carboxylic acids is 3. The van der Waals surface area contributed by atoms with E-state index in [1.165, 1.54) is 12.1 Å². The predicted octanol–water partition coefficient (Wildman–Crippen LogP) is 1.80. The van der Waals surface area contributed by atoms with E-state index in [4.69, 9.17) is 23.1 Å². The van der Waals surface area contributed by atoms with E-state index in [0.717, 1.165) is 29.4 Å². The van der Waals surface area contributed by atoms with Gasteiger partial charge in [0, 0.05) is 35.6 Å². The molecule has 1 aliphatic rings. The monoisotopic (exact) mass is 442 g/mol. The first kappa shape index (κ1) is 22.1. The van der Waals surface area contributed by atoms with Gasteiger partial charge in [-0.1, -0.05) is 11.6 Å². The summed E-state index contributed by atoms with van der Waals surface area (Å²) >= 11 is 5.90. The summed E-state index contributed by atoms with van der Waals surface area (Å²) in [5, 5.41) is 3.16. The van der Waals surface area contributed by atoms with Crippen LogP contribution in [0.15, 0.2) is 53.5 Å². The molecular formula is C21H23ClN6O3. The van der Waals surface area contributed by atoms with Crippen molar-refractivity contribution in [3.05, 3.63) is 59.1 Å². The highest BCUT2D eigenvalue weighted by Gasteiger charge is 2.31. The Labute approximate surface area is 184 Å². The number of nitrogens with two attached hydrogens (primary N) is 2. The van der Waals surface area contributed by atoms with Crippen molar-refractivity contribution in [3.8, 4) is 0 Å². The summed E-state index contributed by atoms with van der Waals surface area (Å²) in [6.45, 7) is 1.60. The Morgan fingerprint density at radius 1 is 1.13 bits per heavy atom. The first-order chi connectivity index (χ1) is 14.8. The smallest absolute Gasteiger partial charge is 0.320 e. The summed E-state index contributed by atoms with van der Waals surface area (Å²) in [6.07, 6.45) is -0.406. The van der Waals surface area contributed by atoms with Gasteiger partial charge in [-0.05, 0) is 48.5 Å². The van der Waals surface area contributed by atoms with Crippen molar-refractivity contribution < 1.29 is 14.4 Å². The van der Waals surface area contributed by atoms with E-state index in [9.17, 15) is 14.4 Å². The summed E-state index contributed by atoms with van der Waals surface area (Å²) in [6, 6.07) is 11.1. The lowest BCUT2D eigenvalue weighted by atomic mass is 10.1. The van der Waals surface area contributed by atoms with Gasteiger partial charge in [0.25, 0.3) is 0 Å². The molecule has 1 unspecified atom stereocenters. The number of hydrogen-bond acceptors (Lipinski definition) is 5. The molecule has 1 heterocycles. The van der Waals surface area contributed by atoms with Crippen LogP contribution < -0.4 is 21.7 Å². The number of urea groups is 1. The van der Waals surface area contributed by atoms with E-state index in [1.807, 2.05) is 24.1 Å². The second-order valence-corrected chi connectivity index (χ2v) is 7.50. The van der Waals surface area contributed by atoms with Crippen LogP contribution in [-0.4, -0.2) is 54.8 Å². The minimum Gasteiger partial charge on any atom is -0.370 e. The second-order valence-electron chi connectivity index (χ2n) is 7.06. The standard InChI is InChI=1S/C21H23ClN6O3/c1-27-11-10-25-19(27)13-2-6-15(7-3-13)26-20(30)17(12-18(23)29)28(21(24)31)16-8-4-14(22)5-9-16/h2-9,17H,10-12H2,1H3,(H2,23,29)(H2,24,31)(H,26,30). The molecule has 2 aromatic carbocycles. The Bertz CT molecular complexity index is 1010. The zero-order valence-corrected chi connectivity index (χ0v) is 17.7. The lowest BCUT2D eigenvalue weighted by molar-refractivity contribution is -0.123. The first-order valence-electron chi connectivity index (χ1n) is 9.55. The van der Waals surface area contributed by atoms with E-state index in [-0.39, 0.29) is 0 Å². The van der Waals surface area contributed by atoms with Crippen LogP contribution in [0.2, 0.25) is 5.02 Å². The summed E-state index contributed by atoms with van der Waals surface area (Å²) in [7, 11) is 1.96. The third-order valence-electron chi connectivity index (χ3n) is 4.82. The van der Waals surface area contributed by atoms with Crippen LogP contribution in [0.3, 0.4) is 0 Å². The molecule has 0 radical (unpaired) electrons. The van der Waals surface area contributed by atoms with Crippen LogP contribution in [0.5, 0.6) is 0 Å². The molecule has 10 heteroatoms. The molecule has 5 N–H and O–H groups in total. The number of nitrogens with one attached hydrogen (secondary N) is 1. The third kappa shape index (κ3) is 5.32. The van der Waals surface area contributed by atoms with Crippen molar-refractivity contribution in [1.29, 1.82) is 0 Å². The number of hydrogen-bond donors (Lipinski definition) is 3. The van der Waals surface area contributed by atoms with Gasteiger partial charge in [0.1, 0.15) is 11.9 Å². The number of carbonyl (C=O) groups is 3. The van der Waals surface area contributed by atoms with Gasteiger partial charge in [0.2, 0.25) is 11.8 Å². The molecule has 0 spiro atoms. The normalized spacial score (nSPS) is 14.0. The first-order valence-corrected chi connectivity index (χ1v) is 9.93. The number of amides is 4. The molecule has 0 aromatic heterocycles. The number of likely N-dealkylation sites (N-methyl/N-ethyl adjacent to an activating group) is 1. The van der Waals surface area contributed by atoms with Gasteiger partial charge >= 0.3 is 6.03 Å². The quantitative estimate of drug-likeness (QED) is 0.602. The summed E-state index contributed by atoms with van der Waals surface area (Å²) in [4.78, 5) is 44.3. The molecular weight excluding hydrogens is 420 g/mol. The molecule has 0 bridgehead atoms. The Balaban J connectivity index is 1.82. The van der Waals surface area contributed by atoms with Crippen LogP contribution >= 0.6 is 11.6 Å². The molecule has 4 amide bonds. The minimum atomic E-state index is -1.24. The lowest BCUT2D eigenvalue weighted by Gasteiger charge is -2.29. The average Bonchev–Trinajstić information content (AvgIpc) is 3.15.